The van der Waals surface area contributed by atoms with Crippen molar-refractivity contribution in [2.75, 3.05) is 0 Å². The Morgan fingerprint density at radius 2 is 2.12 bits per heavy atom. The molecule has 88 valence electrons. The van der Waals surface area contributed by atoms with Gasteiger partial charge in [-0.25, -0.2) is 9.97 Å². The Labute approximate surface area is 101 Å². The highest BCUT2D eigenvalue weighted by Gasteiger charge is 2.37. The van der Waals surface area contributed by atoms with Gasteiger partial charge in [0.2, 0.25) is 0 Å². The van der Waals surface area contributed by atoms with Gasteiger partial charge in [0.05, 0.1) is 5.69 Å². The van der Waals surface area contributed by atoms with E-state index in [1.54, 1.807) is 0 Å². The molecule has 1 aromatic heterocycles. The normalized spacial score (nSPS) is 17.8. The first kappa shape index (κ1) is 11.8. The summed E-state index contributed by atoms with van der Waals surface area (Å²) in [6.45, 7) is 4.25. The molecule has 0 aromatic carbocycles. The molecular formula is C12H18ClN3. The van der Waals surface area contributed by atoms with E-state index in [1.807, 2.05) is 0 Å². The van der Waals surface area contributed by atoms with Crippen LogP contribution in [0.2, 0.25) is 5.15 Å². The lowest BCUT2D eigenvalue weighted by Gasteiger charge is -2.14. The van der Waals surface area contributed by atoms with E-state index in [9.17, 15) is 0 Å². The molecule has 16 heavy (non-hydrogen) atoms. The van der Waals surface area contributed by atoms with Crippen molar-refractivity contribution in [3.8, 4) is 0 Å². The lowest BCUT2D eigenvalue weighted by Crippen LogP contribution is -2.22. The molecule has 4 heteroatoms. The highest BCUT2D eigenvalue weighted by atomic mass is 35.5. The lowest BCUT2D eigenvalue weighted by atomic mass is 9.99. The Morgan fingerprint density at radius 3 is 2.69 bits per heavy atom. The Balaban J connectivity index is 2.17. The molecule has 1 heterocycles. The first-order valence-electron chi connectivity index (χ1n) is 5.80. The van der Waals surface area contributed by atoms with Crippen molar-refractivity contribution >= 4 is 11.6 Å². The van der Waals surface area contributed by atoms with Crippen LogP contribution in [0.4, 0.5) is 0 Å². The van der Waals surface area contributed by atoms with Crippen LogP contribution in [0.1, 0.15) is 50.3 Å². The van der Waals surface area contributed by atoms with Gasteiger partial charge in [-0.05, 0) is 31.6 Å². The van der Waals surface area contributed by atoms with E-state index in [4.69, 9.17) is 17.3 Å². The number of rotatable bonds is 4. The highest BCUT2D eigenvalue weighted by Crippen LogP contribution is 2.37. The van der Waals surface area contributed by atoms with Crippen LogP contribution in [0.5, 0.6) is 0 Å². The standard InChI is InChI=1S/C12H18ClN3/c1-8(2)10-9(11(13)16-7-15-10)3-4-12(14)5-6-12/h7-8H,3-6,14H2,1-2H3. The van der Waals surface area contributed by atoms with E-state index in [1.165, 1.54) is 6.33 Å². The molecule has 0 atom stereocenters. The second-order valence-electron chi connectivity index (χ2n) is 5.05. The highest BCUT2D eigenvalue weighted by molar-refractivity contribution is 6.30. The maximum Gasteiger partial charge on any atom is 0.135 e. The number of nitrogens with two attached hydrogens (primary N) is 1. The summed E-state index contributed by atoms with van der Waals surface area (Å²) in [5.74, 6) is 0.378. The van der Waals surface area contributed by atoms with E-state index in [-0.39, 0.29) is 5.54 Å². The van der Waals surface area contributed by atoms with Crippen molar-refractivity contribution in [2.45, 2.75) is 51.0 Å². The van der Waals surface area contributed by atoms with Crippen LogP contribution in [0.25, 0.3) is 0 Å². The lowest BCUT2D eigenvalue weighted by molar-refractivity contribution is 0.602. The number of halogens is 1. The van der Waals surface area contributed by atoms with E-state index in [2.05, 4.69) is 23.8 Å². The molecule has 0 amide bonds. The molecule has 2 rings (SSSR count). The van der Waals surface area contributed by atoms with Crippen LogP contribution in [0, 0.1) is 0 Å². The summed E-state index contributed by atoms with van der Waals surface area (Å²) in [7, 11) is 0. The predicted octanol–water partition coefficient (Wildman–Crippen LogP) is 2.68. The molecule has 0 aliphatic heterocycles. The van der Waals surface area contributed by atoms with Gasteiger partial charge in [0.1, 0.15) is 11.5 Å². The smallest absolute Gasteiger partial charge is 0.135 e. The third kappa shape index (κ3) is 2.53. The fourth-order valence-electron chi connectivity index (χ4n) is 1.92. The number of hydrogen-bond acceptors (Lipinski definition) is 3. The second kappa shape index (κ2) is 4.30. The zero-order valence-electron chi connectivity index (χ0n) is 9.83. The third-order valence-corrected chi connectivity index (χ3v) is 3.56. The zero-order valence-corrected chi connectivity index (χ0v) is 10.6. The third-order valence-electron chi connectivity index (χ3n) is 3.24. The van der Waals surface area contributed by atoms with Gasteiger partial charge in [0, 0.05) is 11.1 Å². The Morgan fingerprint density at radius 1 is 1.44 bits per heavy atom. The van der Waals surface area contributed by atoms with Crippen LogP contribution in [-0.4, -0.2) is 15.5 Å². The summed E-state index contributed by atoms with van der Waals surface area (Å²) in [6.07, 6.45) is 5.69. The minimum Gasteiger partial charge on any atom is -0.325 e. The molecule has 1 saturated carbocycles. The molecule has 1 aliphatic rings. The first-order valence-corrected chi connectivity index (χ1v) is 6.18. The van der Waals surface area contributed by atoms with Crippen LogP contribution >= 0.6 is 11.6 Å². The van der Waals surface area contributed by atoms with E-state index in [0.717, 1.165) is 36.9 Å². The molecule has 0 bridgehead atoms. The summed E-state index contributed by atoms with van der Waals surface area (Å²) in [6, 6.07) is 0. The van der Waals surface area contributed by atoms with Crippen molar-refractivity contribution in [3.05, 3.63) is 22.7 Å². The van der Waals surface area contributed by atoms with Crippen LogP contribution in [-0.2, 0) is 6.42 Å². The number of nitrogens with zero attached hydrogens (tertiary/aromatic N) is 2. The first-order chi connectivity index (χ1) is 7.52. The van der Waals surface area contributed by atoms with Gasteiger partial charge in [-0.15, -0.1) is 0 Å². The van der Waals surface area contributed by atoms with Crippen molar-refractivity contribution in [3.63, 3.8) is 0 Å². The van der Waals surface area contributed by atoms with Crippen molar-refractivity contribution in [1.82, 2.24) is 9.97 Å². The number of aromatic nitrogens is 2. The fraction of sp³-hybridized carbons (Fsp3) is 0.667. The molecule has 0 unspecified atom stereocenters. The van der Waals surface area contributed by atoms with Gasteiger partial charge in [0.25, 0.3) is 0 Å². The summed E-state index contributed by atoms with van der Waals surface area (Å²) in [5, 5.41) is 0.586. The van der Waals surface area contributed by atoms with Crippen molar-refractivity contribution < 1.29 is 0 Å². The quantitative estimate of drug-likeness (QED) is 0.822. The predicted molar refractivity (Wildman–Crippen MR) is 65.6 cm³/mol. The van der Waals surface area contributed by atoms with Gasteiger partial charge in [-0.3, -0.25) is 0 Å². The summed E-state index contributed by atoms with van der Waals surface area (Å²) in [4.78, 5) is 8.38. The van der Waals surface area contributed by atoms with Crippen LogP contribution < -0.4 is 5.73 Å². The summed E-state index contributed by atoms with van der Waals surface area (Å²) in [5.41, 5.74) is 8.29. The Kier molecular flexibility index (Phi) is 3.17. The van der Waals surface area contributed by atoms with Crippen LogP contribution in [0.15, 0.2) is 6.33 Å². The molecule has 0 saturated heterocycles. The Hall–Kier alpha value is -0.670. The van der Waals surface area contributed by atoms with Gasteiger partial charge >= 0.3 is 0 Å². The topological polar surface area (TPSA) is 51.8 Å². The summed E-state index contributed by atoms with van der Waals surface area (Å²) < 4.78 is 0. The van der Waals surface area contributed by atoms with Crippen molar-refractivity contribution in [2.24, 2.45) is 5.73 Å². The molecule has 1 aliphatic carbocycles. The Bertz CT molecular complexity index is 386. The maximum absolute atomic E-state index is 6.13. The minimum atomic E-state index is 0.0629. The monoisotopic (exact) mass is 239 g/mol. The van der Waals surface area contributed by atoms with Gasteiger partial charge < -0.3 is 5.73 Å². The molecule has 1 fully saturated rings. The van der Waals surface area contributed by atoms with Crippen LogP contribution in [0.3, 0.4) is 0 Å². The minimum absolute atomic E-state index is 0.0629. The molecule has 3 nitrogen and oxygen atoms in total. The molecule has 2 N–H and O–H groups in total. The van der Waals surface area contributed by atoms with Gasteiger partial charge in [-0.2, -0.15) is 0 Å². The number of hydrogen-bond donors (Lipinski definition) is 1. The maximum atomic E-state index is 6.13. The van der Waals surface area contributed by atoms with Gasteiger partial charge in [-0.1, -0.05) is 25.4 Å². The van der Waals surface area contributed by atoms with Gasteiger partial charge in [0.15, 0.2) is 0 Å². The molecule has 1 aromatic rings. The van der Waals surface area contributed by atoms with E-state index < -0.39 is 0 Å². The largest absolute Gasteiger partial charge is 0.325 e. The zero-order chi connectivity index (χ0) is 11.8. The SMILES string of the molecule is CC(C)c1ncnc(Cl)c1CCC1(N)CC1. The summed E-state index contributed by atoms with van der Waals surface area (Å²) >= 11 is 6.13. The molecular weight excluding hydrogens is 222 g/mol. The molecule has 0 spiro atoms. The average Bonchev–Trinajstić information content (AvgIpc) is 2.95. The van der Waals surface area contributed by atoms with E-state index in [0.29, 0.717) is 11.1 Å². The molecule has 0 radical (unpaired) electrons. The fourth-order valence-corrected chi connectivity index (χ4v) is 2.15. The average molecular weight is 240 g/mol. The van der Waals surface area contributed by atoms with E-state index >= 15 is 0 Å². The second-order valence-corrected chi connectivity index (χ2v) is 5.40. The van der Waals surface area contributed by atoms with Crippen molar-refractivity contribution in [1.29, 1.82) is 0 Å².